The third-order valence-corrected chi connectivity index (χ3v) is 6.27. The van der Waals surface area contributed by atoms with Gasteiger partial charge in [0, 0.05) is 23.3 Å². The number of hydrogen-bond donors (Lipinski definition) is 1. The van der Waals surface area contributed by atoms with Crippen LogP contribution in [0.2, 0.25) is 0 Å². The second-order valence-electron chi connectivity index (χ2n) is 9.11. The lowest BCUT2D eigenvalue weighted by molar-refractivity contribution is 0.0957. The molecule has 3 aromatic carbocycles. The zero-order chi connectivity index (χ0) is 22.0. The Labute approximate surface area is 185 Å². The number of nitrogens with one attached hydrogen (secondary N) is 1. The summed E-state index contributed by atoms with van der Waals surface area (Å²) in [6, 6.07) is 20.1. The van der Waals surface area contributed by atoms with Crippen molar-refractivity contribution in [2.75, 3.05) is 11.4 Å². The lowest BCUT2D eigenvalue weighted by atomic mass is 9.79. The molecule has 0 aromatic heterocycles. The molecule has 31 heavy (non-hydrogen) atoms. The smallest absolute Gasteiger partial charge is 0.271 e. The molecule has 1 heterocycles. The second-order valence-corrected chi connectivity index (χ2v) is 9.11. The number of amides is 1. The van der Waals surface area contributed by atoms with E-state index in [1.54, 1.807) is 6.21 Å². The van der Waals surface area contributed by atoms with Crippen LogP contribution in [0, 0.1) is 0 Å². The Balaban J connectivity index is 1.54. The van der Waals surface area contributed by atoms with Crippen LogP contribution in [0.4, 0.5) is 5.69 Å². The van der Waals surface area contributed by atoms with Gasteiger partial charge in [0.05, 0.1) is 6.21 Å². The lowest BCUT2D eigenvalue weighted by Gasteiger charge is -2.47. The van der Waals surface area contributed by atoms with Crippen molar-refractivity contribution in [3.63, 3.8) is 0 Å². The van der Waals surface area contributed by atoms with Gasteiger partial charge in [0.15, 0.2) is 0 Å². The number of fused-ring (bicyclic) bond motifs is 2. The summed E-state index contributed by atoms with van der Waals surface area (Å²) in [7, 11) is 0. The SMILES string of the molecule is CCCN1c2ccc(/C=N\NC(=O)c3cccc4ccccc34)cc2C(C)CC1(C)C. The summed E-state index contributed by atoms with van der Waals surface area (Å²) >= 11 is 0. The number of hydrogen-bond acceptors (Lipinski definition) is 3. The molecule has 0 radical (unpaired) electrons. The molecule has 1 unspecified atom stereocenters. The fourth-order valence-electron chi connectivity index (χ4n) is 4.89. The highest BCUT2D eigenvalue weighted by Gasteiger charge is 2.35. The molecule has 0 spiro atoms. The number of anilines is 1. The van der Waals surface area contributed by atoms with Gasteiger partial charge < -0.3 is 4.90 Å². The van der Waals surface area contributed by atoms with Crippen LogP contribution in [-0.4, -0.2) is 24.2 Å². The Morgan fingerprint density at radius 1 is 1.16 bits per heavy atom. The monoisotopic (exact) mass is 413 g/mol. The van der Waals surface area contributed by atoms with E-state index in [2.05, 4.69) is 61.3 Å². The van der Waals surface area contributed by atoms with E-state index in [-0.39, 0.29) is 11.4 Å². The summed E-state index contributed by atoms with van der Waals surface area (Å²) in [5.74, 6) is 0.284. The van der Waals surface area contributed by atoms with Gasteiger partial charge in [0.25, 0.3) is 5.91 Å². The highest BCUT2D eigenvalue weighted by molar-refractivity contribution is 6.07. The molecule has 3 aromatic rings. The van der Waals surface area contributed by atoms with E-state index in [1.807, 2.05) is 42.5 Å². The number of carbonyl (C=O) groups is 1. The van der Waals surface area contributed by atoms with Gasteiger partial charge in [0.1, 0.15) is 0 Å². The topological polar surface area (TPSA) is 44.7 Å². The molecule has 1 aliphatic rings. The first kappa shape index (κ1) is 21.1. The fraction of sp³-hybridized carbons (Fsp3) is 0.333. The van der Waals surface area contributed by atoms with Crippen LogP contribution in [0.15, 0.2) is 65.8 Å². The summed E-state index contributed by atoms with van der Waals surface area (Å²) < 4.78 is 0. The van der Waals surface area contributed by atoms with E-state index in [4.69, 9.17) is 0 Å². The van der Waals surface area contributed by atoms with E-state index in [1.165, 1.54) is 11.3 Å². The minimum absolute atomic E-state index is 0.157. The second kappa shape index (κ2) is 8.54. The minimum atomic E-state index is -0.199. The van der Waals surface area contributed by atoms with Crippen LogP contribution in [0.25, 0.3) is 10.8 Å². The van der Waals surface area contributed by atoms with Crippen LogP contribution >= 0.6 is 0 Å². The predicted octanol–water partition coefficient (Wildman–Crippen LogP) is 6.11. The van der Waals surface area contributed by atoms with E-state index < -0.39 is 0 Å². The third kappa shape index (κ3) is 4.20. The molecule has 160 valence electrons. The van der Waals surface area contributed by atoms with Gasteiger partial charge in [-0.2, -0.15) is 5.10 Å². The van der Waals surface area contributed by atoms with Crippen LogP contribution in [0.3, 0.4) is 0 Å². The zero-order valence-corrected chi connectivity index (χ0v) is 18.9. The largest absolute Gasteiger partial charge is 0.366 e. The van der Waals surface area contributed by atoms with E-state index in [9.17, 15) is 4.79 Å². The maximum atomic E-state index is 12.7. The predicted molar refractivity (Wildman–Crippen MR) is 130 cm³/mol. The molecule has 1 amide bonds. The number of nitrogens with zero attached hydrogens (tertiary/aromatic N) is 2. The van der Waals surface area contributed by atoms with Gasteiger partial charge >= 0.3 is 0 Å². The highest BCUT2D eigenvalue weighted by atomic mass is 16.2. The Hall–Kier alpha value is -3.14. The molecular weight excluding hydrogens is 382 g/mol. The van der Waals surface area contributed by atoms with Gasteiger partial charge in [-0.15, -0.1) is 0 Å². The molecule has 1 N–H and O–H groups in total. The van der Waals surface area contributed by atoms with Crippen molar-refractivity contribution in [1.29, 1.82) is 0 Å². The van der Waals surface area contributed by atoms with E-state index in [0.29, 0.717) is 11.5 Å². The molecule has 1 atom stereocenters. The fourth-order valence-corrected chi connectivity index (χ4v) is 4.89. The Bertz CT molecular complexity index is 1130. The van der Waals surface area contributed by atoms with Crippen molar-refractivity contribution >= 4 is 28.6 Å². The molecule has 0 bridgehead atoms. The van der Waals surface area contributed by atoms with E-state index >= 15 is 0 Å². The molecule has 1 aliphatic heterocycles. The molecular formula is C27H31N3O. The van der Waals surface area contributed by atoms with E-state index in [0.717, 1.165) is 35.7 Å². The van der Waals surface area contributed by atoms with Gasteiger partial charge in [-0.1, -0.05) is 56.3 Å². The van der Waals surface area contributed by atoms with Crippen molar-refractivity contribution < 1.29 is 4.79 Å². The van der Waals surface area contributed by atoms with Crippen molar-refractivity contribution in [3.8, 4) is 0 Å². The van der Waals surface area contributed by atoms with Gasteiger partial charge in [0.2, 0.25) is 0 Å². The number of carbonyl (C=O) groups excluding carboxylic acids is 1. The van der Waals surface area contributed by atoms with Gasteiger partial charge in [-0.05, 0) is 72.7 Å². The summed E-state index contributed by atoms with van der Waals surface area (Å²) in [5, 5.41) is 6.22. The normalized spacial score (nSPS) is 17.7. The highest BCUT2D eigenvalue weighted by Crippen LogP contribution is 2.43. The summed E-state index contributed by atoms with van der Waals surface area (Å²) in [4.78, 5) is 15.2. The average molecular weight is 414 g/mol. The van der Waals surface area contributed by atoms with Gasteiger partial charge in [-0.25, -0.2) is 5.43 Å². The lowest BCUT2D eigenvalue weighted by Crippen LogP contribution is -2.48. The molecule has 0 saturated heterocycles. The quantitative estimate of drug-likeness (QED) is 0.405. The van der Waals surface area contributed by atoms with Crippen molar-refractivity contribution in [2.45, 2.75) is 52.0 Å². The Morgan fingerprint density at radius 3 is 2.74 bits per heavy atom. The molecule has 4 heteroatoms. The molecule has 4 rings (SSSR count). The molecule has 0 saturated carbocycles. The Morgan fingerprint density at radius 2 is 1.94 bits per heavy atom. The van der Waals surface area contributed by atoms with Gasteiger partial charge in [-0.3, -0.25) is 4.79 Å². The number of benzene rings is 3. The maximum absolute atomic E-state index is 12.7. The van der Waals surface area contributed by atoms with Crippen LogP contribution in [0.5, 0.6) is 0 Å². The number of hydrazone groups is 1. The van der Waals surface area contributed by atoms with Crippen LogP contribution < -0.4 is 10.3 Å². The molecule has 0 fully saturated rings. The average Bonchev–Trinajstić information content (AvgIpc) is 2.76. The third-order valence-electron chi connectivity index (χ3n) is 6.27. The number of rotatable bonds is 5. The van der Waals surface area contributed by atoms with Crippen molar-refractivity contribution in [2.24, 2.45) is 5.10 Å². The molecule has 0 aliphatic carbocycles. The molecule has 4 nitrogen and oxygen atoms in total. The first-order valence-corrected chi connectivity index (χ1v) is 11.1. The van der Waals surface area contributed by atoms with Crippen molar-refractivity contribution in [1.82, 2.24) is 5.43 Å². The summed E-state index contributed by atoms with van der Waals surface area (Å²) in [6.07, 6.45) is 3.99. The minimum Gasteiger partial charge on any atom is -0.366 e. The Kier molecular flexibility index (Phi) is 5.81. The zero-order valence-electron chi connectivity index (χ0n) is 18.9. The van der Waals surface area contributed by atoms with Crippen molar-refractivity contribution in [3.05, 3.63) is 77.4 Å². The standard InChI is InChI=1S/C27H31N3O/c1-5-15-30-25-14-13-20(16-24(25)19(2)17-27(30,3)4)18-28-29-26(31)23-12-8-10-21-9-6-7-11-22(21)23/h6-14,16,18-19H,5,15,17H2,1-4H3,(H,29,31)/b28-18-. The first-order valence-electron chi connectivity index (χ1n) is 11.1. The summed E-state index contributed by atoms with van der Waals surface area (Å²) in [6.45, 7) is 10.3. The van der Waals surface area contributed by atoms with Crippen LogP contribution in [-0.2, 0) is 0 Å². The summed E-state index contributed by atoms with van der Waals surface area (Å²) in [5.41, 5.74) is 7.16. The van der Waals surface area contributed by atoms with Crippen LogP contribution in [0.1, 0.15) is 67.9 Å². The maximum Gasteiger partial charge on any atom is 0.271 e. The first-order chi connectivity index (χ1) is 14.9.